The second-order valence-corrected chi connectivity index (χ2v) is 3.27. The SMILES string of the molecule is C=C1NC=C(C)C=C1C(C)C. The molecule has 1 N–H and O–H groups in total. The Labute approximate surface area is 68.5 Å². The second kappa shape index (κ2) is 2.95. The highest BCUT2D eigenvalue weighted by Gasteiger charge is 2.09. The first-order valence-corrected chi connectivity index (χ1v) is 3.95. The lowest BCUT2D eigenvalue weighted by molar-refractivity contribution is 0.754. The molecule has 0 aliphatic carbocycles. The van der Waals surface area contributed by atoms with Crippen LogP contribution in [0.4, 0.5) is 0 Å². The zero-order valence-corrected chi connectivity index (χ0v) is 7.44. The third-order valence-electron chi connectivity index (χ3n) is 1.83. The minimum absolute atomic E-state index is 0.554. The van der Waals surface area contributed by atoms with Gasteiger partial charge in [0.05, 0.1) is 0 Å². The van der Waals surface area contributed by atoms with Crippen LogP contribution >= 0.6 is 0 Å². The van der Waals surface area contributed by atoms with Gasteiger partial charge in [0.1, 0.15) is 0 Å². The van der Waals surface area contributed by atoms with Crippen molar-refractivity contribution in [2.75, 3.05) is 0 Å². The molecule has 11 heavy (non-hydrogen) atoms. The molecule has 0 atom stereocenters. The van der Waals surface area contributed by atoms with Gasteiger partial charge in [-0.1, -0.05) is 26.5 Å². The summed E-state index contributed by atoms with van der Waals surface area (Å²) in [5.74, 6) is 0.554. The van der Waals surface area contributed by atoms with Crippen LogP contribution in [0, 0.1) is 5.92 Å². The Morgan fingerprint density at radius 3 is 2.55 bits per heavy atom. The van der Waals surface area contributed by atoms with Gasteiger partial charge >= 0.3 is 0 Å². The van der Waals surface area contributed by atoms with E-state index in [1.54, 1.807) is 0 Å². The van der Waals surface area contributed by atoms with Crippen LogP contribution in [0.15, 0.2) is 35.7 Å². The van der Waals surface area contributed by atoms with E-state index in [0.29, 0.717) is 5.92 Å². The van der Waals surface area contributed by atoms with Crippen molar-refractivity contribution in [1.29, 1.82) is 0 Å². The third-order valence-corrected chi connectivity index (χ3v) is 1.83. The average Bonchev–Trinajstić information content (AvgIpc) is 1.94. The van der Waals surface area contributed by atoms with Gasteiger partial charge in [-0.2, -0.15) is 0 Å². The predicted octanol–water partition coefficient (Wildman–Crippen LogP) is 2.59. The molecule has 0 aromatic rings. The van der Waals surface area contributed by atoms with Gasteiger partial charge in [0.25, 0.3) is 0 Å². The van der Waals surface area contributed by atoms with Crippen molar-refractivity contribution in [3.63, 3.8) is 0 Å². The van der Waals surface area contributed by atoms with Crippen LogP contribution in [0.5, 0.6) is 0 Å². The molecule has 0 fully saturated rings. The lowest BCUT2D eigenvalue weighted by atomic mass is 9.96. The van der Waals surface area contributed by atoms with E-state index in [2.05, 4.69) is 38.7 Å². The number of allylic oxidation sites excluding steroid dienone is 3. The molecule has 1 nitrogen and oxygen atoms in total. The zero-order chi connectivity index (χ0) is 8.43. The molecule has 1 rings (SSSR count). The van der Waals surface area contributed by atoms with Crippen molar-refractivity contribution in [3.8, 4) is 0 Å². The predicted molar refractivity (Wildman–Crippen MR) is 49.0 cm³/mol. The largest absolute Gasteiger partial charge is 0.362 e. The Bertz CT molecular complexity index is 231. The molecule has 1 heterocycles. The highest BCUT2D eigenvalue weighted by atomic mass is 14.9. The van der Waals surface area contributed by atoms with Crippen LogP contribution < -0.4 is 5.32 Å². The number of dihydropyridines is 1. The summed E-state index contributed by atoms with van der Waals surface area (Å²) in [4.78, 5) is 0. The Kier molecular flexibility index (Phi) is 2.18. The number of hydrogen-bond acceptors (Lipinski definition) is 1. The Balaban J connectivity index is 2.90. The van der Waals surface area contributed by atoms with Gasteiger partial charge in [0.15, 0.2) is 0 Å². The van der Waals surface area contributed by atoms with Gasteiger partial charge < -0.3 is 5.32 Å². The van der Waals surface area contributed by atoms with E-state index >= 15 is 0 Å². The minimum Gasteiger partial charge on any atom is -0.362 e. The van der Waals surface area contributed by atoms with Gasteiger partial charge in [-0.05, 0) is 24.0 Å². The summed E-state index contributed by atoms with van der Waals surface area (Å²) >= 11 is 0. The van der Waals surface area contributed by atoms with Gasteiger partial charge in [-0.25, -0.2) is 0 Å². The molecule has 1 heteroatoms. The molecule has 0 radical (unpaired) electrons. The smallest absolute Gasteiger partial charge is 0.0342 e. The fourth-order valence-electron chi connectivity index (χ4n) is 1.17. The number of hydrogen-bond donors (Lipinski definition) is 1. The molecule has 0 saturated heterocycles. The molecular formula is C10H15N. The third kappa shape index (κ3) is 1.73. The lowest BCUT2D eigenvalue weighted by Gasteiger charge is -2.18. The summed E-state index contributed by atoms with van der Waals surface area (Å²) in [6.45, 7) is 10.4. The van der Waals surface area contributed by atoms with Crippen LogP contribution in [0.2, 0.25) is 0 Å². The Hall–Kier alpha value is -0.980. The van der Waals surface area contributed by atoms with Gasteiger partial charge in [-0.3, -0.25) is 0 Å². The van der Waals surface area contributed by atoms with Gasteiger partial charge in [0.2, 0.25) is 0 Å². The van der Waals surface area contributed by atoms with E-state index in [-0.39, 0.29) is 0 Å². The molecule has 1 aliphatic rings. The maximum Gasteiger partial charge on any atom is 0.0342 e. The van der Waals surface area contributed by atoms with Crippen LogP contribution in [0.1, 0.15) is 20.8 Å². The van der Waals surface area contributed by atoms with E-state index in [1.807, 2.05) is 6.20 Å². The van der Waals surface area contributed by atoms with Crippen LogP contribution in [0.3, 0.4) is 0 Å². The molecule has 0 aromatic heterocycles. The lowest BCUT2D eigenvalue weighted by Crippen LogP contribution is -2.14. The van der Waals surface area contributed by atoms with Crippen molar-refractivity contribution >= 4 is 0 Å². The maximum absolute atomic E-state index is 3.93. The summed E-state index contributed by atoms with van der Waals surface area (Å²) in [6.07, 6.45) is 4.16. The van der Waals surface area contributed by atoms with E-state index in [1.165, 1.54) is 11.1 Å². The Morgan fingerprint density at radius 2 is 2.09 bits per heavy atom. The molecule has 0 bridgehead atoms. The first-order valence-electron chi connectivity index (χ1n) is 3.95. The van der Waals surface area contributed by atoms with Crippen molar-refractivity contribution in [1.82, 2.24) is 5.32 Å². The molecule has 0 saturated carbocycles. The standard InChI is InChI=1S/C10H15N/c1-7(2)10-5-8(3)6-11-9(10)4/h5-7,11H,4H2,1-3H3. The maximum atomic E-state index is 3.93. The summed E-state index contributed by atoms with van der Waals surface area (Å²) in [7, 11) is 0. The van der Waals surface area contributed by atoms with E-state index in [9.17, 15) is 0 Å². The quantitative estimate of drug-likeness (QED) is 0.604. The Morgan fingerprint density at radius 1 is 1.45 bits per heavy atom. The van der Waals surface area contributed by atoms with E-state index in [0.717, 1.165) is 5.70 Å². The summed E-state index contributed by atoms with van der Waals surface area (Å²) in [5, 5.41) is 3.14. The minimum atomic E-state index is 0.554. The topological polar surface area (TPSA) is 12.0 Å². The zero-order valence-electron chi connectivity index (χ0n) is 7.44. The van der Waals surface area contributed by atoms with Gasteiger partial charge in [0, 0.05) is 11.9 Å². The van der Waals surface area contributed by atoms with Crippen LogP contribution in [0.25, 0.3) is 0 Å². The fourth-order valence-corrected chi connectivity index (χ4v) is 1.17. The summed E-state index contributed by atoms with van der Waals surface area (Å²) in [6, 6.07) is 0. The molecule has 0 unspecified atom stereocenters. The normalized spacial score (nSPS) is 17.6. The van der Waals surface area contributed by atoms with E-state index in [4.69, 9.17) is 0 Å². The van der Waals surface area contributed by atoms with Crippen molar-refractivity contribution in [3.05, 3.63) is 35.7 Å². The molecule has 0 spiro atoms. The van der Waals surface area contributed by atoms with Crippen molar-refractivity contribution in [2.45, 2.75) is 20.8 Å². The number of nitrogens with one attached hydrogen (secondary N) is 1. The van der Waals surface area contributed by atoms with Crippen molar-refractivity contribution in [2.24, 2.45) is 5.92 Å². The molecule has 0 aromatic carbocycles. The summed E-state index contributed by atoms with van der Waals surface area (Å²) < 4.78 is 0. The van der Waals surface area contributed by atoms with Crippen LogP contribution in [-0.2, 0) is 0 Å². The first-order chi connectivity index (χ1) is 5.11. The van der Waals surface area contributed by atoms with Gasteiger partial charge in [-0.15, -0.1) is 0 Å². The molecule has 0 amide bonds. The van der Waals surface area contributed by atoms with Crippen LogP contribution in [-0.4, -0.2) is 0 Å². The molecule has 1 aliphatic heterocycles. The highest BCUT2D eigenvalue weighted by molar-refractivity contribution is 5.40. The first kappa shape index (κ1) is 8.12. The average molecular weight is 149 g/mol. The van der Waals surface area contributed by atoms with E-state index < -0.39 is 0 Å². The van der Waals surface area contributed by atoms with Crippen molar-refractivity contribution < 1.29 is 0 Å². The monoisotopic (exact) mass is 149 g/mol. The molecular weight excluding hydrogens is 134 g/mol. The second-order valence-electron chi connectivity index (χ2n) is 3.27. The fraction of sp³-hybridized carbons (Fsp3) is 0.400. The number of rotatable bonds is 1. The highest BCUT2D eigenvalue weighted by Crippen LogP contribution is 2.21. The summed E-state index contributed by atoms with van der Waals surface area (Å²) in [5.41, 5.74) is 3.61. The molecule has 60 valence electrons.